The van der Waals surface area contributed by atoms with Crippen molar-refractivity contribution in [2.45, 2.75) is 19.4 Å². The molecule has 0 spiro atoms. The van der Waals surface area contributed by atoms with Crippen LogP contribution in [0.25, 0.3) is 5.95 Å². The number of aliphatic hydroxyl groups is 1. The van der Waals surface area contributed by atoms with E-state index in [4.69, 9.17) is 21.4 Å². The molecule has 142 valence electrons. The predicted molar refractivity (Wildman–Crippen MR) is 85.8 cm³/mol. The minimum absolute atomic E-state index is 0.0645. The van der Waals surface area contributed by atoms with E-state index in [0.29, 0.717) is 17.8 Å². The van der Waals surface area contributed by atoms with Gasteiger partial charge in [0.15, 0.2) is 5.75 Å². The average molecular weight is 403 g/mol. The van der Waals surface area contributed by atoms with Crippen LogP contribution in [0.1, 0.15) is 16.8 Å². The van der Waals surface area contributed by atoms with Crippen molar-refractivity contribution >= 4 is 11.6 Å². The molecule has 0 saturated heterocycles. The monoisotopic (exact) mass is 402 g/mol. The standard InChI is InChI=1S/C16H11ClF4N4O2/c17-14-11(12(16(19,20)21)1-2-13(14)18)7-27-10-3-22-15(23-4-10)25-5-9(6-26)24-8-25/h1-5,8,26H,6-7H2. The lowest BCUT2D eigenvalue weighted by Gasteiger charge is -2.15. The number of halogens is 5. The van der Waals surface area contributed by atoms with Gasteiger partial charge in [-0.25, -0.2) is 19.3 Å². The molecule has 0 aliphatic rings. The lowest BCUT2D eigenvalue weighted by molar-refractivity contribution is -0.138. The number of benzene rings is 1. The second kappa shape index (κ2) is 7.49. The largest absolute Gasteiger partial charge is 0.486 e. The lowest BCUT2D eigenvalue weighted by atomic mass is 10.1. The highest BCUT2D eigenvalue weighted by molar-refractivity contribution is 6.31. The SMILES string of the molecule is OCc1cn(-c2ncc(OCc3c(C(F)(F)F)ccc(F)c3Cl)cn2)cn1. The summed E-state index contributed by atoms with van der Waals surface area (Å²) in [7, 11) is 0. The van der Waals surface area contributed by atoms with Crippen LogP contribution in [0.3, 0.4) is 0 Å². The minimum Gasteiger partial charge on any atom is -0.486 e. The molecule has 0 bridgehead atoms. The Kier molecular flexibility index (Phi) is 5.29. The van der Waals surface area contributed by atoms with Crippen molar-refractivity contribution in [1.82, 2.24) is 19.5 Å². The topological polar surface area (TPSA) is 73.1 Å². The molecule has 0 unspecified atom stereocenters. The third-order valence-electron chi connectivity index (χ3n) is 3.53. The van der Waals surface area contributed by atoms with Gasteiger partial charge < -0.3 is 9.84 Å². The van der Waals surface area contributed by atoms with Crippen molar-refractivity contribution in [2.75, 3.05) is 0 Å². The molecule has 3 rings (SSSR count). The van der Waals surface area contributed by atoms with Crippen molar-refractivity contribution in [3.05, 3.63) is 64.7 Å². The number of imidazole rings is 1. The van der Waals surface area contributed by atoms with Gasteiger partial charge in [-0.3, -0.25) is 4.57 Å². The van der Waals surface area contributed by atoms with Gasteiger partial charge in [0.05, 0.1) is 35.3 Å². The number of hydrogen-bond acceptors (Lipinski definition) is 5. The Bertz CT molecular complexity index is 945. The average Bonchev–Trinajstić information content (AvgIpc) is 3.11. The van der Waals surface area contributed by atoms with E-state index in [1.807, 2.05) is 0 Å². The summed E-state index contributed by atoms with van der Waals surface area (Å²) in [5.74, 6) is -0.696. The first-order chi connectivity index (χ1) is 12.8. The molecule has 0 aliphatic carbocycles. The molecule has 0 aliphatic heterocycles. The fraction of sp³-hybridized carbons (Fsp3) is 0.188. The van der Waals surface area contributed by atoms with E-state index >= 15 is 0 Å². The van der Waals surface area contributed by atoms with Crippen molar-refractivity contribution in [2.24, 2.45) is 0 Å². The van der Waals surface area contributed by atoms with Crippen LogP contribution in [0.2, 0.25) is 5.02 Å². The zero-order valence-electron chi connectivity index (χ0n) is 13.4. The van der Waals surface area contributed by atoms with Crippen LogP contribution in [-0.2, 0) is 19.4 Å². The zero-order valence-corrected chi connectivity index (χ0v) is 14.2. The molecule has 2 heterocycles. The molecular weight excluding hydrogens is 392 g/mol. The number of rotatable bonds is 5. The van der Waals surface area contributed by atoms with Gasteiger partial charge in [-0.2, -0.15) is 13.2 Å². The summed E-state index contributed by atoms with van der Waals surface area (Å²) in [6.07, 6.45) is 0.673. The number of alkyl halides is 3. The smallest absolute Gasteiger partial charge is 0.416 e. The Balaban J connectivity index is 1.78. The Morgan fingerprint density at radius 1 is 1.15 bits per heavy atom. The van der Waals surface area contributed by atoms with Crippen LogP contribution in [0.15, 0.2) is 37.1 Å². The van der Waals surface area contributed by atoms with E-state index in [1.165, 1.54) is 29.5 Å². The summed E-state index contributed by atoms with van der Waals surface area (Å²) >= 11 is 5.68. The third kappa shape index (κ3) is 4.17. The van der Waals surface area contributed by atoms with Crippen LogP contribution in [0.5, 0.6) is 5.75 Å². The van der Waals surface area contributed by atoms with Crippen molar-refractivity contribution in [1.29, 1.82) is 0 Å². The van der Waals surface area contributed by atoms with Crippen LogP contribution < -0.4 is 4.74 Å². The number of ether oxygens (including phenoxy) is 1. The molecule has 0 amide bonds. The highest BCUT2D eigenvalue weighted by Crippen LogP contribution is 2.36. The molecule has 6 nitrogen and oxygen atoms in total. The van der Waals surface area contributed by atoms with Gasteiger partial charge in [-0.15, -0.1) is 0 Å². The summed E-state index contributed by atoms with van der Waals surface area (Å²) < 4.78 is 59.4. The van der Waals surface area contributed by atoms with Crippen LogP contribution >= 0.6 is 11.6 Å². The molecule has 0 fully saturated rings. The predicted octanol–water partition coefficient (Wildman–Crippen LogP) is 3.54. The van der Waals surface area contributed by atoms with Crippen LogP contribution in [-0.4, -0.2) is 24.6 Å². The summed E-state index contributed by atoms with van der Waals surface area (Å²) in [6.45, 7) is -0.863. The summed E-state index contributed by atoms with van der Waals surface area (Å²) in [4.78, 5) is 11.9. The maximum atomic E-state index is 13.5. The summed E-state index contributed by atoms with van der Waals surface area (Å²) in [5.41, 5.74) is -1.18. The molecule has 0 atom stereocenters. The van der Waals surface area contributed by atoms with Crippen molar-refractivity contribution < 1.29 is 27.4 Å². The summed E-state index contributed by atoms with van der Waals surface area (Å²) in [6, 6.07) is 1.26. The number of nitrogens with zero attached hydrogens (tertiary/aromatic N) is 4. The lowest BCUT2D eigenvalue weighted by Crippen LogP contribution is -2.12. The van der Waals surface area contributed by atoms with Gasteiger partial charge in [-0.05, 0) is 12.1 Å². The van der Waals surface area contributed by atoms with Crippen molar-refractivity contribution in [3.63, 3.8) is 0 Å². The molecule has 27 heavy (non-hydrogen) atoms. The number of aromatic nitrogens is 4. The van der Waals surface area contributed by atoms with E-state index in [0.717, 1.165) is 0 Å². The molecule has 3 aromatic rings. The Morgan fingerprint density at radius 3 is 2.44 bits per heavy atom. The van der Waals surface area contributed by atoms with E-state index in [-0.39, 0.29) is 18.3 Å². The van der Waals surface area contributed by atoms with E-state index < -0.39 is 34.7 Å². The highest BCUT2D eigenvalue weighted by atomic mass is 35.5. The Hall–Kier alpha value is -2.72. The number of hydrogen-bond donors (Lipinski definition) is 1. The zero-order chi connectivity index (χ0) is 19.6. The van der Waals surface area contributed by atoms with Gasteiger partial charge in [0.1, 0.15) is 18.8 Å². The van der Waals surface area contributed by atoms with Crippen LogP contribution in [0, 0.1) is 5.82 Å². The third-order valence-corrected chi connectivity index (χ3v) is 3.94. The maximum Gasteiger partial charge on any atom is 0.416 e. The van der Waals surface area contributed by atoms with Gasteiger partial charge in [0.25, 0.3) is 0 Å². The Morgan fingerprint density at radius 2 is 1.85 bits per heavy atom. The van der Waals surface area contributed by atoms with Gasteiger partial charge in [-0.1, -0.05) is 11.6 Å². The van der Waals surface area contributed by atoms with Crippen LogP contribution in [0.4, 0.5) is 17.6 Å². The van der Waals surface area contributed by atoms with E-state index in [9.17, 15) is 17.6 Å². The molecular formula is C16H11ClF4N4O2. The maximum absolute atomic E-state index is 13.5. The van der Waals surface area contributed by atoms with E-state index in [1.54, 1.807) is 0 Å². The second-order valence-corrected chi connectivity index (χ2v) is 5.70. The quantitative estimate of drug-likeness (QED) is 0.661. The second-order valence-electron chi connectivity index (χ2n) is 5.32. The normalized spacial score (nSPS) is 11.6. The van der Waals surface area contributed by atoms with Gasteiger partial charge in [0, 0.05) is 11.8 Å². The minimum atomic E-state index is -4.71. The molecule has 11 heteroatoms. The molecule has 2 aromatic heterocycles. The van der Waals surface area contributed by atoms with Crippen molar-refractivity contribution in [3.8, 4) is 11.7 Å². The molecule has 0 saturated carbocycles. The fourth-order valence-corrected chi connectivity index (χ4v) is 2.45. The summed E-state index contributed by atoms with van der Waals surface area (Å²) in [5, 5.41) is 8.33. The molecule has 1 N–H and O–H groups in total. The fourth-order valence-electron chi connectivity index (χ4n) is 2.23. The van der Waals surface area contributed by atoms with Gasteiger partial charge >= 0.3 is 6.18 Å². The highest BCUT2D eigenvalue weighted by Gasteiger charge is 2.35. The molecule has 0 radical (unpaired) electrons. The first-order valence-electron chi connectivity index (χ1n) is 7.42. The number of aliphatic hydroxyl groups excluding tert-OH is 1. The first-order valence-corrected chi connectivity index (χ1v) is 7.80. The van der Waals surface area contributed by atoms with E-state index in [2.05, 4.69) is 15.0 Å². The van der Waals surface area contributed by atoms with Gasteiger partial charge in [0.2, 0.25) is 5.95 Å². The molecule has 1 aromatic carbocycles. The Labute approximate surface area is 155 Å². The first kappa shape index (κ1) is 19.1.